The molecule has 0 amide bonds. The number of hydrogen-bond donors (Lipinski definition) is 0. The molecule has 0 saturated carbocycles. The van der Waals surface area contributed by atoms with Crippen molar-refractivity contribution in [3.63, 3.8) is 0 Å². The number of ether oxygens (including phenoxy) is 1. The van der Waals surface area contributed by atoms with Crippen molar-refractivity contribution in [2.75, 3.05) is 13.1 Å². The number of nitrogens with zero attached hydrogens (tertiary/aromatic N) is 2. The Balaban J connectivity index is 1.65. The van der Waals surface area contributed by atoms with E-state index >= 15 is 0 Å². The van der Waals surface area contributed by atoms with Crippen molar-refractivity contribution in [1.82, 2.24) is 4.90 Å². The van der Waals surface area contributed by atoms with Crippen molar-refractivity contribution in [1.29, 1.82) is 5.26 Å². The van der Waals surface area contributed by atoms with Crippen LogP contribution in [0.15, 0.2) is 54.6 Å². The molecule has 0 aromatic heterocycles. The second kappa shape index (κ2) is 7.80. The Bertz CT molecular complexity index is 663. The van der Waals surface area contributed by atoms with Crippen molar-refractivity contribution in [3.05, 3.63) is 65.7 Å². The summed E-state index contributed by atoms with van der Waals surface area (Å²) in [5.74, 6) is 1.11. The summed E-state index contributed by atoms with van der Waals surface area (Å²) in [7, 11) is 0. The Morgan fingerprint density at radius 1 is 1.09 bits per heavy atom. The number of nitriles is 1. The van der Waals surface area contributed by atoms with Crippen LogP contribution in [0, 0.1) is 17.2 Å². The first-order valence-corrected chi connectivity index (χ1v) is 8.22. The van der Waals surface area contributed by atoms with E-state index in [2.05, 4.69) is 35.2 Å². The maximum atomic E-state index is 9.14. The Morgan fingerprint density at radius 2 is 1.87 bits per heavy atom. The molecule has 118 valence electrons. The van der Waals surface area contributed by atoms with Crippen LogP contribution < -0.4 is 4.74 Å². The van der Waals surface area contributed by atoms with Gasteiger partial charge in [-0.2, -0.15) is 5.26 Å². The summed E-state index contributed by atoms with van der Waals surface area (Å²) in [4.78, 5) is 2.36. The van der Waals surface area contributed by atoms with Gasteiger partial charge in [0, 0.05) is 18.7 Å². The normalized spacial score (nSPS) is 18.3. The van der Waals surface area contributed by atoms with Crippen molar-refractivity contribution in [2.24, 2.45) is 5.92 Å². The van der Waals surface area contributed by atoms with Crippen LogP contribution >= 0.6 is 0 Å². The summed E-state index contributed by atoms with van der Waals surface area (Å²) < 4.78 is 6.03. The molecule has 0 bridgehead atoms. The van der Waals surface area contributed by atoms with Gasteiger partial charge in [-0.05, 0) is 31.0 Å². The first-order valence-electron chi connectivity index (χ1n) is 8.22. The lowest BCUT2D eigenvalue weighted by Crippen LogP contribution is -2.34. The zero-order valence-corrected chi connectivity index (χ0v) is 13.3. The molecule has 1 heterocycles. The number of likely N-dealkylation sites (tertiary alicyclic amines) is 1. The summed E-state index contributed by atoms with van der Waals surface area (Å²) >= 11 is 0. The second-order valence-electron chi connectivity index (χ2n) is 6.09. The molecule has 1 saturated heterocycles. The molecule has 3 nitrogen and oxygen atoms in total. The van der Waals surface area contributed by atoms with Crippen LogP contribution in [0.5, 0.6) is 5.75 Å². The van der Waals surface area contributed by atoms with Gasteiger partial charge in [-0.3, -0.25) is 4.90 Å². The molecule has 1 aliphatic rings. The molecule has 2 aromatic carbocycles. The number of benzene rings is 2. The van der Waals surface area contributed by atoms with Gasteiger partial charge in [-0.25, -0.2) is 0 Å². The molecule has 3 heteroatoms. The topological polar surface area (TPSA) is 36.3 Å². The first kappa shape index (κ1) is 15.6. The first-order chi connectivity index (χ1) is 11.3. The zero-order chi connectivity index (χ0) is 15.9. The highest BCUT2D eigenvalue weighted by Gasteiger charge is 2.20. The van der Waals surface area contributed by atoms with Crippen LogP contribution in [0.1, 0.15) is 24.0 Å². The monoisotopic (exact) mass is 306 g/mol. The largest absolute Gasteiger partial charge is 0.489 e. The van der Waals surface area contributed by atoms with Crippen molar-refractivity contribution < 1.29 is 4.74 Å². The third kappa shape index (κ3) is 4.34. The Kier molecular flexibility index (Phi) is 5.29. The standard InChI is InChI=1S/C20H22N2O/c21-13-18-9-6-12-22(14-18)15-19-10-4-5-11-20(19)23-16-17-7-2-1-3-8-17/h1-5,7-8,10-11,18H,6,9,12,14-16H2. The van der Waals surface area contributed by atoms with E-state index < -0.39 is 0 Å². The average Bonchev–Trinajstić information content (AvgIpc) is 2.62. The molecule has 0 radical (unpaired) electrons. The minimum atomic E-state index is 0.168. The molecule has 23 heavy (non-hydrogen) atoms. The molecule has 1 fully saturated rings. The maximum absolute atomic E-state index is 9.14. The molecule has 1 atom stereocenters. The van der Waals surface area contributed by atoms with Crippen LogP contribution in [-0.2, 0) is 13.2 Å². The van der Waals surface area contributed by atoms with Gasteiger partial charge in [0.25, 0.3) is 0 Å². The summed E-state index contributed by atoms with van der Waals surface area (Å²) in [6, 6.07) is 20.8. The van der Waals surface area contributed by atoms with Gasteiger partial charge in [0.15, 0.2) is 0 Å². The molecular weight excluding hydrogens is 284 g/mol. The molecule has 0 spiro atoms. The highest BCUT2D eigenvalue weighted by Crippen LogP contribution is 2.24. The molecule has 0 N–H and O–H groups in total. The molecule has 2 aromatic rings. The lowest BCUT2D eigenvalue weighted by atomic mass is 9.99. The van der Waals surface area contributed by atoms with Crippen LogP contribution in [0.2, 0.25) is 0 Å². The molecular formula is C20H22N2O. The molecule has 0 aliphatic carbocycles. The van der Waals surface area contributed by atoms with Gasteiger partial charge >= 0.3 is 0 Å². The van der Waals surface area contributed by atoms with Crippen LogP contribution in [0.25, 0.3) is 0 Å². The third-order valence-electron chi connectivity index (χ3n) is 4.29. The number of para-hydroxylation sites is 1. The van der Waals surface area contributed by atoms with E-state index in [9.17, 15) is 0 Å². The van der Waals surface area contributed by atoms with Crippen LogP contribution in [0.4, 0.5) is 0 Å². The van der Waals surface area contributed by atoms with Crippen LogP contribution in [0.3, 0.4) is 0 Å². The summed E-state index contributed by atoms with van der Waals surface area (Å²) in [5.41, 5.74) is 2.37. The SMILES string of the molecule is N#CC1CCCN(Cc2ccccc2OCc2ccccc2)C1. The fourth-order valence-electron chi connectivity index (χ4n) is 3.06. The van der Waals surface area contributed by atoms with E-state index in [4.69, 9.17) is 10.00 Å². The zero-order valence-electron chi connectivity index (χ0n) is 13.3. The van der Waals surface area contributed by atoms with E-state index in [0.29, 0.717) is 6.61 Å². The molecule has 3 rings (SSSR count). The average molecular weight is 306 g/mol. The molecule has 1 unspecified atom stereocenters. The van der Waals surface area contributed by atoms with Crippen molar-refractivity contribution in [3.8, 4) is 11.8 Å². The van der Waals surface area contributed by atoms with E-state index in [1.807, 2.05) is 30.3 Å². The van der Waals surface area contributed by atoms with E-state index in [-0.39, 0.29) is 5.92 Å². The Labute approximate surface area is 138 Å². The number of rotatable bonds is 5. The van der Waals surface area contributed by atoms with Gasteiger partial charge in [0.1, 0.15) is 12.4 Å². The minimum Gasteiger partial charge on any atom is -0.489 e. The lowest BCUT2D eigenvalue weighted by Gasteiger charge is -2.30. The smallest absolute Gasteiger partial charge is 0.124 e. The van der Waals surface area contributed by atoms with Gasteiger partial charge in [-0.15, -0.1) is 0 Å². The van der Waals surface area contributed by atoms with E-state index in [1.165, 1.54) is 11.1 Å². The Morgan fingerprint density at radius 3 is 2.70 bits per heavy atom. The highest BCUT2D eigenvalue weighted by atomic mass is 16.5. The fraction of sp³-hybridized carbons (Fsp3) is 0.350. The van der Waals surface area contributed by atoms with E-state index in [0.717, 1.165) is 38.2 Å². The number of hydrogen-bond acceptors (Lipinski definition) is 3. The second-order valence-corrected chi connectivity index (χ2v) is 6.09. The van der Waals surface area contributed by atoms with Gasteiger partial charge < -0.3 is 4.74 Å². The predicted molar refractivity (Wildman–Crippen MR) is 90.8 cm³/mol. The fourth-order valence-corrected chi connectivity index (χ4v) is 3.06. The van der Waals surface area contributed by atoms with Crippen LogP contribution in [-0.4, -0.2) is 18.0 Å². The summed E-state index contributed by atoms with van der Waals surface area (Å²) in [6.07, 6.45) is 2.13. The van der Waals surface area contributed by atoms with Crippen molar-refractivity contribution >= 4 is 0 Å². The lowest BCUT2D eigenvalue weighted by molar-refractivity contribution is 0.188. The van der Waals surface area contributed by atoms with Gasteiger partial charge in [0.2, 0.25) is 0 Å². The van der Waals surface area contributed by atoms with Crippen molar-refractivity contribution in [2.45, 2.75) is 26.0 Å². The third-order valence-corrected chi connectivity index (χ3v) is 4.29. The quantitative estimate of drug-likeness (QED) is 0.837. The summed E-state index contributed by atoms with van der Waals surface area (Å²) in [5, 5.41) is 9.14. The highest BCUT2D eigenvalue weighted by molar-refractivity contribution is 5.33. The Hall–Kier alpha value is -2.31. The summed E-state index contributed by atoms with van der Waals surface area (Å²) in [6.45, 7) is 3.36. The minimum absolute atomic E-state index is 0.168. The maximum Gasteiger partial charge on any atom is 0.124 e. The number of piperidine rings is 1. The van der Waals surface area contributed by atoms with Gasteiger partial charge in [-0.1, -0.05) is 48.5 Å². The van der Waals surface area contributed by atoms with E-state index in [1.54, 1.807) is 0 Å². The molecule has 1 aliphatic heterocycles. The predicted octanol–water partition coefficient (Wildman–Crippen LogP) is 4.00. The van der Waals surface area contributed by atoms with Gasteiger partial charge in [0.05, 0.1) is 12.0 Å².